The molecule has 1 aliphatic rings. The fraction of sp³-hybridized carbons (Fsp3) is 0.417. The van der Waals surface area contributed by atoms with E-state index in [1.807, 2.05) is 0 Å². The van der Waals surface area contributed by atoms with Crippen molar-refractivity contribution in [2.45, 2.75) is 17.6 Å². The minimum Gasteiger partial charge on any atom is -0.497 e. The molecular formula is C12H13F3N2O2. The molecule has 104 valence electrons. The summed E-state index contributed by atoms with van der Waals surface area (Å²) in [5.74, 6) is -3.72. The van der Waals surface area contributed by atoms with Gasteiger partial charge in [0.15, 0.2) is 0 Å². The second-order valence-corrected chi connectivity index (χ2v) is 4.57. The fourth-order valence-corrected chi connectivity index (χ4v) is 2.45. The fourth-order valence-electron chi connectivity index (χ4n) is 2.45. The van der Waals surface area contributed by atoms with Gasteiger partial charge >= 0.3 is 6.18 Å². The zero-order chi connectivity index (χ0) is 14.4. The molecule has 0 unspecified atom stereocenters. The molecule has 0 saturated heterocycles. The number of hydrogen-bond donors (Lipinski definition) is 2. The average Bonchev–Trinajstić information content (AvgIpc) is 2.98. The van der Waals surface area contributed by atoms with Crippen molar-refractivity contribution in [3.05, 3.63) is 29.8 Å². The average molecular weight is 274 g/mol. The molecule has 19 heavy (non-hydrogen) atoms. The molecule has 1 amide bonds. The zero-order valence-corrected chi connectivity index (χ0v) is 10.1. The SMILES string of the molecule is COc1ccc([C@@H]2[C@@H](C(F)(F)F)[C@@]2(N)C(N)=O)cc1. The second kappa shape index (κ2) is 4.12. The minimum atomic E-state index is -4.56. The number of ether oxygens (including phenoxy) is 1. The monoisotopic (exact) mass is 274 g/mol. The third-order valence-corrected chi connectivity index (χ3v) is 3.51. The smallest absolute Gasteiger partial charge is 0.394 e. The van der Waals surface area contributed by atoms with Crippen LogP contribution in [0.4, 0.5) is 13.2 Å². The Kier molecular flexibility index (Phi) is 2.97. The lowest BCUT2D eigenvalue weighted by Gasteiger charge is -2.08. The van der Waals surface area contributed by atoms with Crippen LogP contribution in [0.5, 0.6) is 5.75 Å². The number of alkyl halides is 3. The molecule has 4 nitrogen and oxygen atoms in total. The van der Waals surface area contributed by atoms with E-state index in [1.54, 1.807) is 0 Å². The van der Waals surface area contributed by atoms with Gasteiger partial charge in [-0.1, -0.05) is 12.1 Å². The van der Waals surface area contributed by atoms with Crippen LogP contribution < -0.4 is 16.2 Å². The molecule has 1 aromatic carbocycles. The molecule has 0 aliphatic heterocycles. The first-order valence-corrected chi connectivity index (χ1v) is 5.52. The predicted molar refractivity (Wildman–Crippen MR) is 61.4 cm³/mol. The Morgan fingerprint density at radius 1 is 1.32 bits per heavy atom. The van der Waals surface area contributed by atoms with Crippen molar-refractivity contribution in [3.8, 4) is 5.75 Å². The number of rotatable bonds is 3. The topological polar surface area (TPSA) is 78.3 Å². The first-order valence-electron chi connectivity index (χ1n) is 5.52. The van der Waals surface area contributed by atoms with Crippen molar-refractivity contribution in [2.24, 2.45) is 17.4 Å². The van der Waals surface area contributed by atoms with E-state index in [1.165, 1.54) is 31.4 Å². The number of carbonyl (C=O) groups excluding carboxylic acids is 1. The number of primary amides is 1. The molecule has 0 bridgehead atoms. The van der Waals surface area contributed by atoms with Gasteiger partial charge in [-0.15, -0.1) is 0 Å². The summed E-state index contributed by atoms with van der Waals surface area (Å²) in [6, 6.07) is 5.95. The number of carbonyl (C=O) groups is 1. The van der Waals surface area contributed by atoms with Crippen LogP contribution in [0, 0.1) is 5.92 Å². The highest BCUT2D eigenvalue weighted by atomic mass is 19.4. The van der Waals surface area contributed by atoms with Gasteiger partial charge in [0.05, 0.1) is 13.0 Å². The van der Waals surface area contributed by atoms with Crippen LogP contribution in [0.1, 0.15) is 11.5 Å². The summed E-state index contributed by atoms with van der Waals surface area (Å²) >= 11 is 0. The number of methoxy groups -OCH3 is 1. The van der Waals surface area contributed by atoms with E-state index in [9.17, 15) is 18.0 Å². The Morgan fingerprint density at radius 3 is 2.16 bits per heavy atom. The molecule has 1 fully saturated rings. The van der Waals surface area contributed by atoms with E-state index < -0.39 is 29.5 Å². The van der Waals surface area contributed by atoms with Crippen LogP contribution in [0.25, 0.3) is 0 Å². The highest BCUT2D eigenvalue weighted by molar-refractivity contribution is 5.91. The summed E-state index contributed by atoms with van der Waals surface area (Å²) < 4.78 is 43.5. The summed E-state index contributed by atoms with van der Waals surface area (Å²) in [6.45, 7) is 0. The third-order valence-electron chi connectivity index (χ3n) is 3.51. The lowest BCUT2D eigenvalue weighted by atomic mass is 10.1. The molecule has 1 aromatic rings. The van der Waals surface area contributed by atoms with Crippen molar-refractivity contribution in [1.82, 2.24) is 0 Å². The molecule has 2 rings (SSSR count). The van der Waals surface area contributed by atoms with Gasteiger partial charge in [0.1, 0.15) is 11.3 Å². The van der Waals surface area contributed by atoms with E-state index in [2.05, 4.69) is 0 Å². The highest BCUT2D eigenvalue weighted by Gasteiger charge is 2.76. The quantitative estimate of drug-likeness (QED) is 0.868. The maximum absolute atomic E-state index is 12.9. The summed E-state index contributed by atoms with van der Waals surface area (Å²) in [5, 5.41) is 0. The molecule has 4 N–H and O–H groups in total. The van der Waals surface area contributed by atoms with Gasteiger partial charge in [-0.2, -0.15) is 13.2 Å². The molecule has 1 saturated carbocycles. The molecular weight excluding hydrogens is 261 g/mol. The highest BCUT2D eigenvalue weighted by Crippen LogP contribution is 2.62. The van der Waals surface area contributed by atoms with Crippen molar-refractivity contribution in [1.29, 1.82) is 0 Å². The lowest BCUT2D eigenvalue weighted by Crippen LogP contribution is -2.44. The maximum Gasteiger partial charge on any atom is 0.394 e. The molecule has 0 spiro atoms. The number of hydrogen-bond acceptors (Lipinski definition) is 3. The van der Waals surface area contributed by atoms with E-state index in [0.29, 0.717) is 11.3 Å². The van der Waals surface area contributed by atoms with E-state index in [-0.39, 0.29) is 0 Å². The molecule has 7 heteroatoms. The summed E-state index contributed by atoms with van der Waals surface area (Å²) in [6.07, 6.45) is -4.56. The van der Waals surface area contributed by atoms with E-state index in [4.69, 9.17) is 16.2 Å². The van der Waals surface area contributed by atoms with Crippen LogP contribution in [0.3, 0.4) is 0 Å². The maximum atomic E-state index is 12.9. The third kappa shape index (κ3) is 2.03. The van der Waals surface area contributed by atoms with Gasteiger partial charge in [0.2, 0.25) is 5.91 Å². The molecule has 0 heterocycles. The zero-order valence-electron chi connectivity index (χ0n) is 10.1. The Bertz CT molecular complexity index is 501. The first kappa shape index (κ1) is 13.7. The molecule has 0 radical (unpaired) electrons. The summed E-state index contributed by atoms with van der Waals surface area (Å²) in [5.41, 5.74) is 8.82. The van der Waals surface area contributed by atoms with Gasteiger partial charge in [0, 0.05) is 5.92 Å². The summed E-state index contributed by atoms with van der Waals surface area (Å²) in [7, 11) is 1.45. The normalized spacial score (nSPS) is 29.9. The summed E-state index contributed by atoms with van der Waals surface area (Å²) in [4.78, 5) is 11.2. The van der Waals surface area contributed by atoms with E-state index in [0.717, 1.165) is 0 Å². The minimum absolute atomic E-state index is 0.324. The van der Waals surface area contributed by atoms with E-state index >= 15 is 0 Å². The van der Waals surface area contributed by atoms with Crippen molar-refractivity contribution >= 4 is 5.91 Å². The number of amides is 1. The standard InChI is InChI=1S/C12H13F3N2O2/c1-19-7-4-2-6(3-5-7)8-9(12(13,14)15)11(8,17)10(16)18/h2-5,8-9H,17H2,1H3,(H2,16,18)/t8-,9-,11-/m1/s1. The van der Waals surface area contributed by atoms with Crippen LogP contribution in [0.15, 0.2) is 24.3 Å². The first-order chi connectivity index (χ1) is 8.72. The largest absolute Gasteiger partial charge is 0.497 e. The number of nitrogens with two attached hydrogens (primary N) is 2. The van der Waals surface area contributed by atoms with Crippen molar-refractivity contribution in [2.75, 3.05) is 7.11 Å². The number of benzene rings is 1. The Balaban J connectivity index is 2.35. The molecule has 1 aliphatic carbocycles. The Hall–Kier alpha value is -1.76. The molecule has 0 aromatic heterocycles. The van der Waals surface area contributed by atoms with Gasteiger partial charge < -0.3 is 16.2 Å². The second-order valence-electron chi connectivity index (χ2n) is 4.57. The van der Waals surface area contributed by atoms with Crippen LogP contribution in [0.2, 0.25) is 0 Å². The van der Waals surface area contributed by atoms with Crippen LogP contribution in [-0.2, 0) is 4.79 Å². The van der Waals surface area contributed by atoms with Gasteiger partial charge in [0.25, 0.3) is 0 Å². The van der Waals surface area contributed by atoms with Crippen LogP contribution in [-0.4, -0.2) is 24.7 Å². The van der Waals surface area contributed by atoms with Gasteiger partial charge in [-0.25, -0.2) is 0 Å². The van der Waals surface area contributed by atoms with Crippen molar-refractivity contribution in [3.63, 3.8) is 0 Å². The Morgan fingerprint density at radius 2 is 1.84 bits per heavy atom. The number of halogens is 3. The van der Waals surface area contributed by atoms with Gasteiger partial charge in [-0.3, -0.25) is 4.79 Å². The lowest BCUT2D eigenvalue weighted by molar-refractivity contribution is -0.156. The van der Waals surface area contributed by atoms with Crippen molar-refractivity contribution < 1.29 is 22.7 Å². The predicted octanol–water partition coefficient (Wildman–Crippen LogP) is 1.15. The van der Waals surface area contributed by atoms with Crippen LogP contribution >= 0.6 is 0 Å². The Labute approximate surface area is 107 Å². The molecule has 3 atom stereocenters. The van der Waals surface area contributed by atoms with Gasteiger partial charge in [-0.05, 0) is 17.7 Å².